The van der Waals surface area contributed by atoms with Gasteiger partial charge in [0.15, 0.2) is 0 Å². The molecule has 0 amide bonds. The maximum absolute atomic E-state index is 14.2. The Balaban J connectivity index is 1.20. The predicted molar refractivity (Wildman–Crippen MR) is 138 cm³/mol. The molecule has 3 aliphatic carbocycles. The van der Waals surface area contributed by atoms with E-state index in [0.29, 0.717) is 41.8 Å². The molecule has 2 aromatic rings. The van der Waals surface area contributed by atoms with Crippen LogP contribution >= 0.6 is 0 Å². The van der Waals surface area contributed by atoms with Crippen LogP contribution in [0.15, 0.2) is 23.3 Å². The summed E-state index contributed by atoms with van der Waals surface area (Å²) in [5.74, 6) is 2.29. The summed E-state index contributed by atoms with van der Waals surface area (Å²) < 4.78 is 45.6. The summed E-state index contributed by atoms with van der Waals surface area (Å²) in [7, 11) is 2.14. The molecule has 2 N–H and O–H groups in total. The van der Waals surface area contributed by atoms with Crippen LogP contribution in [0.4, 0.5) is 13.2 Å². The summed E-state index contributed by atoms with van der Waals surface area (Å²) in [6, 6.07) is 1.71. The predicted octanol–water partition coefficient (Wildman–Crippen LogP) is 4.18. The Morgan fingerprint density at radius 3 is 2.47 bits per heavy atom. The topological polar surface area (TPSA) is 56.9 Å². The van der Waals surface area contributed by atoms with E-state index in [0.717, 1.165) is 51.7 Å². The third-order valence-electron chi connectivity index (χ3n) is 10.4. The van der Waals surface area contributed by atoms with E-state index < -0.39 is 11.7 Å². The monoisotopic (exact) mass is 532 g/mol. The van der Waals surface area contributed by atoms with Gasteiger partial charge < -0.3 is 0 Å². The first-order chi connectivity index (χ1) is 18.3. The van der Waals surface area contributed by atoms with Gasteiger partial charge in [-0.15, -0.1) is 0 Å². The van der Waals surface area contributed by atoms with E-state index in [2.05, 4.69) is 27.7 Å². The molecule has 6 atom stereocenters. The third kappa shape index (κ3) is 4.32. The number of hydrazine groups is 1. The standard InChI is InChI=1S/C28H39F3N6O/c1-34-16-32-33-26(34)25(18-4-2-5-18)20-6-3-7-21(11-20)36-15-24-22(28(29,30)31)10-17(14-37(24)27(36)38)13-35-9-8-19-12-23(19)35/h10,14-15,18-21,23,25-26,32-33H,2-9,11-13,16H2,1H3/t19?,20?,21?,23?,25-,26?/m1/s1. The molecule has 2 aliphatic heterocycles. The number of pyridine rings is 1. The van der Waals surface area contributed by atoms with Crippen LogP contribution in [0, 0.1) is 23.7 Å². The lowest BCUT2D eigenvalue weighted by molar-refractivity contribution is -0.136. The fourth-order valence-electron chi connectivity index (χ4n) is 8.16. The van der Waals surface area contributed by atoms with Gasteiger partial charge in [0.25, 0.3) is 0 Å². The van der Waals surface area contributed by atoms with Crippen molar-refractivity contribution in [1.29, 1.82) is 0 Å². The first kappa shape index (κ1) is 25.1. The van der Waals surface area contributed by atoms with Crippen LogP contribution in [0.5, 0.6) is 0 Å². The Hall–Kier alpha value is -1.88. The van der Waals surface area contributed by atoms with E-state index >= 15 is 0 Å². The van der Waals surface area contributed by atoms with Crippen LogP contribution in [-0.2, 0) is 12.7 Å². The molecule has 5 fully saturated rings. The van der Waals surface area contributed by atoms with Gasteiger partial charge in [-0.3, -0.25) is 18.8 Å². The summed E-state index contributed by atoms with van der Waals surface area (Å²) in [6.07, 6.45) is 8.72. The third-order valence-corrected chi connectivity index (χ3v) is 10.4. The molecule has 5 unspecified atom stereocenters. The molecule has 208 valence electrons. The van der Waals surface area contributed by atoms with Crippen molar-refractivity contribution in [2.24, 2.45) is 23.7 Å². The van der Waals surface area contributed by atoms with Crippen LogP contribution in [0.1, 0.15) is 75.0 Å². The van der Waals surface area contributed by atoms with E-state index in [1.807, 2.05) is 0 Å². The highest BCUT2D eigenvalue weighted by molar-refractivity contribution is 5.56. The number of hydrogen-bond donors (Lipinski definition) is 2. The molecule has 0 bridgehead atoms. The number of likely N-dealkylation sites (tertiary alicyclic amines) is 1. The number of imidazole rings is 1. The van der Waals surface area contributed by atoms with Crippen molar-refractivity contribution < 1.29 is 13.2 Å². The summed E-state index contributed by atoms with van der Waals surface area (Å²) >= 11 is 0. The van der Waals surface area contributed by atoms with Gasteiger partial charge in [0.05, 0.1) is 23.9 Å². The summed E-state index contributed by atoms with van der Waals surface area (Å²) in [6.45, 7) is 2.20. The second-order valence-electron chi connectivity index (χ2n) is 12.7. The molecule has 7 nitrogen and oxygen atoms in total. The van der Waals surface area contributed by atoms with Gasteiger partial charge in [-0.1, -0.05) is 25.7 Å². The highest BCUT2D eigenvalue weighted by Crippen LogP contribution is 2.47. The molecule has 4 heterocycles. The second kappa shape index (κ2) is 9.35. The minimum absolute atomic E-state index is 0.0176. The quantitative estimate of drug-likeness (QED) is 0.585. The first-order valence-corrected chi connectivity index (χ1v) is 14.5. The number of fused-ring (bicyclic) bond motifs is 2. The summed E-state index contributed by atoms with van der Waals surface area (Å²) in [5.41, 5.74) is 6.29. The van der Waals surface area contributed by atoms with E-state index in [1.165, 1.54) is 35.9 Å². The van der Waals surface area contributed by atoms with Crippen molar-refractivity contribution in [2.75, 3.05) is 20.3 Å². The number of halogens is 3. The average Bonchev–Trinajstić information content (AvgIpc) is 3.15. The summed E-state index contributed by atoms with van der Waals surface area (Å²) in [4.78, 5) is 18.3. The molecule has 0 radical (unpaired) electrons. The second-order valence-corrected chi connectivity index (χ2v) is 12.7. The number of alkyl halides is 3. The number of aromatic nitrogens is 2. The number of hydrogen-bond acceptors (Lipinski definition) is 5. The molecule has 5 aliphatic rings. The van der Waals surface area contributed by atoms with Gasteiger partial charge in [0, 0.05) is 31.0 Å². The Labute approximate surface area is 221 Å². The maximum Gasteiger partial charge on any atom is 0.418 e. The van der Waals surface area contributed by atoms with E-state index in [4.69, 9.17) is 0 Å². The van der Waals surface area contributed by atoms with Crippen LogP contribution in [-0.4, -0.2) is 51.2 Å². The van der Waals surface area contributed by atoms with Gasteiger partial charge >= 0.3 is 11.9 Å². The SMILES string of the molecule is CN1CNNC1[C@H](C1CCC1)C1CCCC(n2cc3c(C(F)(F)F)cc(CN4CCC5CC54)cn3c2=O)C1. The van der Waals surface area contributed by atoms with Gasteiger partial charge in [-0.05, 0) is 81.0 Å². The lowest BCUT2D eigenvalue weighted by atomic mass is 9.65. The van der Waals surface area contributed by atoms with E-state index in [1.54, 1.807) is 10.8 Å². The molecular weight excluding hydrogens is 493 g/mol. The molecule has 7 rings (SSSR count). The average molecular weight is 533 g/mol. The van der Waals surface area contributed by atoms with Crippen molar-refractivity contribution in [3.63, 3.8) is 0 Å². The number of rotatable bonds is 6. The van der Waals surface area contributed by atoms with Crippen LogP contribution < -0.4 is 16.5 Å². The fraction of sp³-hybridized carbons (Fsp3) is 0.750. The van der Waals surface area contributed by atoms with Crippen molar-refractivity contribution in [2.45, 2.75) is 88.8 Å². The number of piperidine rings is 1. The minimum atomic E-state index is -4.51. The molecule has 38 heavy (non-hydrogen) atoms. The molecule has 0 aromatic carbocycles. The zero-order valence-corrected chi connectivity index (χ0v) is 22.1. The molecule has 2 saturated heterocycles. The van der Waals surface area contributed by atoms with Gasteiger partial charge in [-0.2, -0.15) is 13.2 Å². The largest absolute Gasteiger partial charge is 0.418 e. The molecular formula is C28H39F3N6O. The molecule has 2 aromatic heterocycles. The Kier molecular flexibility index (Phi) is 6.18. The zero-order chi connectivity index (χ0) is 26.2. The number of nitrogens with one attached hydrogen (secondary N) is 2. The van der Waals surface area contributed by atoms with Gasteiger partial charge in [0.2, 0.25) is 0 Å². The lowest BCUT2D eigenvalue weighted by Crippen LogP contribution is -2.50. The van der Waals surface area contributed by atoms with Crippen molar-refractivity contribution in [3.05, 3.63) is 40.1 Å². The lowest BCUT2D eigenvalue weighted by Gasteiger charge is -2.46. The highest BCUT2D eigenvalue weighted by Gasteiger charge is 2.47. The Bertz CT molecular complexity index is 1250. The van der Waals surface area contributed by atoms with Crippen LogP contribution in [0.2, 0.25) is 0 Å². The highest BCUT2D eigenvalue weighted by atomic mass is 19.4. The first-order valence-electron chi connectivity index (χ1n) is 14.5. The molecule has 3 saturated carbocycles. The summed E-state index contributed by atoms with van der Waals surface area (Å²) in [5, 5.41) is 0. The molecule has 10 heteroatoms. The number of nitrogens with zero attached hydrogens (tertiary/aromatic N) is 4. The van der Waals surface area contributed by atoms with E-state index in [-0.39, 0.29) is 23.4 Å². The normalized spacial score (nSPS) is 33.5. The van der Waals surface area contributed by atoms with Gasteiger partial charge in [0.1, 0.15) is 0 Å². The van der Waals surface area contributed by atoms with Crippen molar-refractivity contribution in [1.82, 2.24) is 29.6 Å². The van der Waals surface area contributed by atoms with Crippen molar-refractivity contribution in [3.8, 4) is 0 Å². The van der Waals surface area contributed by atoms with E-state index in [9.17, 15) is 18.0 Å². The minimum Gasteiger partial charge on any atom is -0.296 e. The Morgan fingerprint density at radius 2 is 1.84 bits per heavy atom. The Morgan fingerprint density at radius 1 is 1.05 bits per heavy atom. The van der Waals surface area contributed by atoms with Crippen molar-refractivity contribution >= 4 is 5.52 Å². The van der Waals surface area contributed by atoms with Gasteiger partial charge in [-0.25, -0.2) is 15.6 Å². The zero-order valence-electron chi connectivity index (χ0n) is 22.1. The maximum atomic E-state index is 14.2. The smallest absolute Gasteiger partial charge is 0.296 e. The molecule has 0 spiro atoms. The fourth-order valence-corrected chi connectivity index (χ4v) is 8.16. The van der Waals surface area contributed by atoms with Crippen LogP contribution in [0.25, 0.3) is 5.52 Å². The van der Waals surface area contributed by atoms with Crippen LogP contribution in [0.3, 0.4) is 0 Å².